The Morgan fingerprint density at radius 2 is 2.27 bits per heavy atom. The number of carbonyl (C=O) groups is 2. The quantitative estimate of drug-likeness (QED) is 0.686. The van der Waals surface area contributed by atoms with Gasteiger partial charge in [-0.05, 0) is 40.3 Å². The molecule has 0 spiro atoms. The van der Waals surface area contributed by atoms with E-state index in [0.717, 1.165) is 15.4 Å². The van der Waals surface area contributed by atoms with Gasteiger partial charge in [0.1, 0.15) is 6.29 Å². The van der Waals surface area contributed by atoms with Crippen LogP contribution in [0.15, 0.2) is 18.2 Å². The number of halogens is 1. The first kappa shape index (κ1) is 12.0. The van der Waals surface area contributed by atoms with Crippen LogP contribution in [-0.2, 0) is 6.54 Å². The van der Waals surface area contributed by atoms with Crippen molar-refractivity contribution >= 4 is 35.0 Å². The van der Waals surface area contributed by atoms with E-state index in [4.69, 9.17) is 5.11 Å². The molecule has 0 aliphatic carbocycles. The minimum Gasteiger partial charge on any atom is -0.465 e. The highest BCUT2D eigenvalue weighted by atomic mass is 127. The first-order chi connectivity index (χ1) is 7.04. The monoisotopic (exact) mass is 319 g/mol. The van der Waals surface area contributed by atoms with Gasteiger partial charge in [-0.1, -0.05) is 6.07 Å². The van der Waals surface area contributed by atoms with Gasteiger partial charge >= 0.3 is 6.09 Å². The normalized spacial score (nSPS) is 9.73. The van der Waals surface area contributed by atoms with E-state index in [1.54, 1.807) is 18.2 Å². The molecule has 4 nitrogen and oxygen atoms in total. The van der Waals surface area contributed by atoms with Crippen LogP contribution in [-0.4, -0.2) is 29.4 Å². The van der Waals surface area contributed by atoms with Crippen molar-refractivity contribution in [3.8, 4) is 0 Å². The molecule has 0 bridgehead atoms. The van der Waals surface area contributed by atoms with Crippen molar-refractivity contribution < 1.29 is 14.7 Å². The average molecular weight is 319 g/mol. The van der Waals surface area contributed by atoms with Crippen LogP contribution in [0.5, 0.6) is 0 Å². The summed E-state index contributed by atoms with van der Waals surface area (Å²) in [4.78, 5) is 22.4. The highest BCUT2D eigenvalue weighted by Gasteiger charge is 2.09. The van der Waals surface area contributed by atoms with Crippen LogP contribution in [0.4, 0.5) is 4.79 Å². The van der Waals surface area contributed by atoms with Gasteiger partial charge in [-0.25, -0.2) is 4.79 Å². The first-order valence-electron chi connectivity index (χ1n) is 4.22. The van der Waals surface area contributed by atoms with Crippen molar-refractivity contribution in [3.63, 3.8) is 0 Å². The highest BCUT2D eigenvalue weighted by molar-refractivity contribution is 14.1. The van der Waals surface area contributed by atoms with Gasteiger partial charge in [-0.2, -0.15) is 0 Å². The van der Waals surface area contributed by atoms with Gasteiger partial charge in [0.25, 0.3) is 0 Å². The highest BCUT2D eigenvalue weighted by Crippen LogP contribution is 2.15. The number of carboxylic acid groups (broad SMARTS) is 1. The largest absolute Gasteiger partial charge is 0.465 e. The summed E-state index contributed by atoms with van der Waals surface area (Å²) >= 11 is 2.11. The van der Waals surface area contributed by atoms with Gasteiger partial charge in [0.15, 0.2) is 0 Å². The molecule has 0 saturated heterocycles. The minimum absolute atomic E-state index is 0.287. The number of hydrogen-bond donors (Lipinski definition) is 1. The summed E-state index contributed by atoms with van der Waals surface area (Å²) in [5.74, 6) is 0. The summed E-state index contributed by atoms with van der Waals surface area (Å²) in [6.07, 6.45) is -0.234. The van der Waals surface area contributed by atoms with Crippen molar-refractivity contribution in [2.75, 3.05) is 7.05 Å². The second-order valence-electron chi connectivity index (χ2n) is 3.11. The number of amides is 1. The zero-order valence-electron chi connectivity index (χ0n) is 8.11. The van der Waals surface area contributed by atoms with E-state index in [-0.39, 0.29) is 6.54 Å². The third-order valence-corrected chi connectivity index (χ3v) is 2.99. The third-order valence-electron chi connectivity index (χ3n) is 1.94. The summed E-state index contributed by atoms with van der Waals surface area (Å²) in [7, 11) is 1.49. The van der Waals surface area contributed by atoms with Gasteiger partial charge in [0, 0.05) is 22.7 Å². The Bertz CT molecular complexity index is 392. The van der Waals surface area contributed by atoms with Gasteiger partial charge in [-0.15, -0.1) is 0 Å². The zero-order valence-corrected chi connectivity index (χ0v) is 10.3. The lowest BCUT2D eigenvalue weighted by atomic mass is 10.1. The Hall–Kier alpha value is -1.11. The number of hydrogen-bond acceptors (Lipinski definition) is 2. The average Bonchev–Trinajstić information content (AvgIpc) is 2.21. The van der Waals surface area contributed by atoms with E-state index >= 15 is 0 Å². The smallest absolute Gasteiger partial charge is 0.407 e. The molecule has 1 aromatic carbocycles. The van der Waals surface area contributed by atoms with E-state index < -0.39 is 6.09 Å². The number of nitrogens with zero attached hydrogens (tertiary/aromatic N) is 1. The van der Waals surface area contributed by atoms with Gasteiger partial charge in [-0.3, -0.25) is 4.79 Å². The number of benzene rings is 1. The Balaban J connectivity index is 2.92. The molecular formula is C10H10INO3. The van der Waals surface area contributed by atoms with Crippen molar-refractivity contribution in [3.05, 3.63) is 32.9 Å². The molecule has 0 atom stereocenters. The summed E-state index contributed by atoms with van der Waals surface area (Å²) in [6, 6.07) is 5.21. The van der Waals surface area contributed by atoms with E-state index in [0.29, 0.717) is 5.56 Å². The van der Waals surface area contributed by atoms with Crippen LogP contribution in [0.3, 0.4) is 0 Å². The Labute approximate surface area is 101 Å². The molecular weight excluding hydrogens is 309 g/mol. The predicted molar refractivity (Wildman–Crippen MR) is 64.0 cm³/mol. The van der Waals surface area contributed by atoms with E-state index in [9.17, 15) is 9.59 Å². The maximum atomic E-state index is 10.6. The van der Waals surface area contributed by atoms with E-state index in [2.05, 4.69) is 22.6 Å². The minimum atomic E-state index is -0.984. The van der Waals surface area contributed by atoms with Crippen LogP contribution >= 0.6 is 22.6 Å². The topological polar surface area (TPSA) is 57.6 Å². The summed E-state index contributed by atoms with van der Waals surface area (Å²) < 4.78 is 0.950. The number of aldehydes is 1. The fourth-order valence-corrected chi connectivity index (χ4v) is 1.62. The first-order valence-corrected chi connectivity index (χ1v) is 5.30. The fourth-order valence-electron chi connectivity index (χ4n) is 1.11. The SMILES string of the molecule is CN(Cc1cc(C=O)ccc1I)C(=O)O. The molecule has 0 aliphatic heterocycles. The molecule has 0 radical (unpaired) electrons. The number of rotatable bonds is 3. The third kappa shape index (κ3) is 3.19. The second kappa shape index (κ2) is 5.11. The van der Waals surface area contributed by atoms with E-state index in [1.807, 2.05) is 0 Å². The summed E-state index contributed by atoms with van der Waals surface area (Å²) in [6.45, 7) is 0.287. The van der Waals surface area contributed by atoms with Crippen molar-refractivity contribution in [1.29, 1.82) is 0 Å². The fraction of sp³-hybridized carbons (Fsp3) is 0.200. The van der Waals surface area contributed by atoms with Gasteiger partial charge < -0.3 is 10.0 Å². The lowest BCUT2D eigenvalue weighted by molar-refractivity contribution is 0.112. The van der Waals surface area contributed by atoms with Crippen molar-refractivity contribution in [1.82, 2.24) is 4.90 Å². The molecule has 0 aromatic heterocycles. The van der Waals surface area contributed by atoms with Crippen LogP contribution in [0.2, 0.25) is 0 Å². The molecule has 0 heterocycles. The molecule has 1 amide bonds. The van der Waals surface area contributed by atoms with E-state index in [1.165, 1.54) is 11.9 Å². The zero-order chi connectivity index (χ0) is 11.4. The van der Waals surface area contributed by atoms with Crippen LogP contribution < -0.4 is 0 Å². The standard InChI is InChI=1S/C10H10INO3/c1-12(10(14)15)5-8-4-7(6-13)2-3-9(8)11/h2-4,6H,5H2,1H3,(H,14,15). The Morgan fingerprint density at radius 3 is 2.80 bits per heavy atom. The molecule has 1 N–H and O–H groups in total. The molecule has 0 aliphatic rings. The Morgan fingerprint density at radius 1 is 1.60 bits per heavy atom. The number of carbonyl (C=O) groups excluding carboxylic acids is 1. The van der Waals surface area contributed by atoms with Crippen molar-refractivity contribution in [2.45, 2.75) is 6.54 Å². The lowest BCUT2D eigenvalue weighted by Gasteiger charge is -2.14. The molecule has 5 heteroatoms. The van der Waals surface area contributed by atoms with Gasteiger partial charge in [0.2, 0.25) is 0 Å². The summed E-state index contributed by atoms with van der Waals surface area (Å²) in [5, 5.41) is 8.71. The van der Waals surface area contributed by atoms with Crippen LogP contribution in [0.1, 0.15) is 15.9 Å². The molecule has 15 heavy (non-hydrogen) atoms. The maximum Gasteiger partial charge on any atom is 0.407 e. The van der Waals surface area contributed by atoms with Gasteiger partial charge in [0.05, 0.1) is 0 Å². The predicted octanol–water partition coefficient (Wildman–Crippen LogP) is 2.21. The second-order valence-corrected chi connectivity index (χ2v) is 4.27. The summed E-state index contributed by atoms with van der Waals surface area (Å²) in [5.41, 5.74) is 1.40. The maximum absolute atomic E-state index is 10.6. The van der Waals surface area contributed by atoms with Crippen LogP contribution in [0.25, 0.3) is 0 Å². The van der Waals surface area contributed by atoms with Crippen LogP contribution in [0, 0.1) is 3.57 Å². The molecule has 80 valence electrons. The van der Waals surface area contributed by atoms with Crippen molar-refractivity contribution in [2.24, 2.45) is 0 Å². The Kier molecular flexibility index (Phi) is 4.07. The molecule has 0 unspecified atom stereocenters. The molecule has 1 aromatic rings. The molecule has 0 fully saturated rings. The molecule has 1 rings (SSSR count). The molecule has 0 saturated carbocycles. The lowest BCUT2D eigenvalue weighted by Crippen LogP contribution is -2.24.